The van der Waals surface area contributed by atoms with Crippen molar-refractivity contribution in [1.82, 2.24) is 0 Å². The van der Waals surface area contributed by atoms with E-state index in [0.29, 0.717) is 11.4 Å². The van der Waals surface area contributed by atoms with Crippen molar-refractivity contribution in [3.05, 3.63) is 66.1 Å². The van der Waals surface area contributed by atoms with Gasteiger partial charge in [-0.1, -0.05) is 24.3 Å². The van der Waals surface area contributed by atoms with E-state index >= 15 is 0 Å². The number of benzene rings is 2. The van der Waals surface area contributed by atoms with Crippen LogP contribution in [0.1, 0.15) is 5.56 Å². The van der Waals surface area contributed by atoms with Gasteiger partial charge in [0, 0.05) is 18.8 Å². The van der Waals surface area contributed by atoms with Crippen LogP contribution in [0.5, 0.6) is 5.75 Å². The molecule has 0 aliphatic carbocycles. The number of carbonyl (C=O) groups excluding carboxylic acids is 1. The normalized spacial score (nSPS) is 11.3. The number of hydrogen-bond donors (Lipinski definition) is 0. The van der Waals surface area contributed by atoms with Gasteiger partial charge in [-0.2, -0.15) is 0 Å². The highest BCUT2D eigenvalue weighted by Gasteiger charge is 2.14. The standard InChI is InChI=1S/C20H22N2O4/c1-15-10-11-16(21-14-22(2)17-8-6-5-7-9-17)12-18(15)26-19(13-24-3)20(23)25-4/h5-14H,1-4H3/b19-13-,21-14+. The first kappa shape index (κ1) is 19.1. The number of anilines is 1. The maximum Gasteiger partial charge on any atom is 0.377 e. The van der Waals surface area contributed by atoms with Gasteiger partial charge in [-0.25, -0.2) is 9.79 Å². The van der Waals surface area contributed by atoms with Crippen LogP contribution < -0.4 is 9.64 Å². The van der Waals surface area contributed by atoms with Crippen LogP contribution in [0.25, 0.3) is 0 Å². The fourth-order valence-corrected chi connectivity index (χ4v) is 2.10. The quantitative estimate of drug-likeness (QED) is 0.249. The molecule has 0 unspecified atom stereocenters. The Hall–Kier alpha value is -3.28. The van der Waals surface area contributed by atoms with E-state index in [9.17, 15) is 4.79 Å². The number of ether oxygens (including phenoxy) is 3. The average molecular weight is 354 g/mol. The molecule has 6 heteroatoms. The molecule has 0 saturated heterocycles. The van der Waals surface area contributed by atoms with Gasteiger partial charge in [-0.05, 0) is 30.7 Å². The van der Waals surface area contributed by atoms with E-state index in [4.69, 9.17) is 9.47 Å². The van der Waals surface area contributed by atoms with Crippen LogP contribution in [0.2, 0.25) is 0 Å². The largest absolute Gasteiger partial charge is 0.500 e. The summed E-state index contributed by atoms with van der Waals surface area (Å²) in [5.41, 5.74) is 2.57. The van der Waals surface area contributed by atoms with Crippen LogP contribution in [0.3, 0.4) is 0 Å². The molecule has 0 aliphatic heterocycles. The molecule has 6 nitrogen and oxygen atoms in total. The van der Waals surface area contributed by atoms with Crippen molar-refractivity contribution >= 4 is 23.7 Å². The first-order valence-corrected chi connectivity index (χ1v) is 7.97. The van der Waals surface area contributed by atoms with E-state index in [2.05, 4.69) is 9.73 Å². The molecule has 0 atom stereocenters. The van der Waals surface area contributed by atoms with Gasteiger partial charge in [0.25, 0.3) is 0 Å². The molecular weight excluding hydrogens is 332 g/mol. The van der Waals surface area contributed by atoms with Crippen LogP contribution >= 0.6 is 0 Å². The number of aliphatic imine (C=N–C) groups is 1. The zero-order valence-electron chi connectivity index (χ0n) is 15.3. The average Bonchev–Trinajstić information content (AvgIpc) is 2.67. The van der Waals surface area contributed by atoms with Crippen molar-refractivity contribution in [1.29, 1.82) is 0 Å². The second kappa shape index (κ2) is 9.27. The molecule has 2 aromatic rings. The predicted octanol–water partition coefficient (Wildman–Crippen LogP) is 3.83. The first-order chi connectivity index (χ1) is 12.5. The lowest BCUT2D eigenvalue weighted by molar-refractivity contribution is -0.138. The van der Waals surface area contributed by atoms with Gasteiger partial charge >= 0.3 is 5.97 Å². The third-order valence-electron chi connectivity index (χ3n) is 3.55. The minimum atomic E-state index is -0.621. The molecule has 136 valence electrons. The van der Waals surface area contributed by atoms with Crippen LogP contribution in [0.15, 0.2) is 65.5 Å². The van der Waals surface area contributed by atoms with E-state index in [1.807, 2.05) is 61.3 Å². The third kappa shape index (κ3) is 5.11. The van der Waals surface area contributed by atoms with Gasteiger partial charge < -0.3 is 19.1 Å². The van der Waals surface area contributed by atoms with Crippen LogP contribution in [0, 0.1) is 6.92 Å². The minimum Gasteiger partial charge on any atom is -0.500 e. The summed E-state index contributed by atoms with van der Waals surface area (Å²) in [4.78, 5) is 18.1. The number of carbonyl (C=O) groups is 1. The molecular formula is C20H22N2O4. The first-order valence-electron chi connectivity index (χ1n) is 7.97. The van der Waals surface area contributed by atoms with Gasteiger partial charge in [-0.15, -0.1) is 0 Å². The second-order valence-electron chi connectivity index (χ2n) is 5.45. The summed E-state index contributed by atoms with van der Waals surface area (Å²) in [7, 11) is 4.63. The summed E-state index contributed by atoms with van der Waals surface area (Å²) in [5, 5.41) is 0. The Balaban J connectivity index is 2.20. The number of para-hydroxylation sites is 1. The number of hydrogen-bond acceptors (Lipinski definition) is 5. The molecule has 0 aliphatic rings. The Morgan fingerprint density at radius 1 is 1.12 bits per heavy atom. The number of esters is 1. The summed E-state index contributed by atoms with van der Waals surface area (Å²) in [6.07, 6.45) is 2.92. The summed E-state index contributed by atoms with van der Waals surface area (Å²) < 4.78 is 15.2. The van der Waals surface area contributed by atoms with Gasteiger partial charge in [-0.3, -0.25) is 0 Å². The molecule has 26 heavy (non-hydrogen) atoms. The van der Waals surface area contributed by atoms with Crippen LogP contribution in [-0.4, -0.2) is 33.6 Å². The molecule has 0 saturated carbocycles. The zero-order chi connectivity index (χ0) is 18.9. The number of nitrogens with zero attached hydrogens (tertiary/aromatic N) is 2. The molecule has 0 N–H and O–H groups in total. The zero-order valence-corrected chi connectivity index (χ0v) is 15.3. The summed E-state index contributed by atoms with van der Waals surface area (Å²) in [5.74, 6) is -0.166. The van der Waals surface area contributed by atoms with E-state index in [-0.39, 0.29) is 5.76 Å². The highest BCUT2D eigenvalue weighted by atomic mass is 16.6. The summed E-state index contributed by atoms with van der Waals surface area (Å²) >= 11 is 0. The van der Waals surface area contributed by atoms with Crippen molar-refractivity contribution in [2.24, 2.45) is 4.99 Å². The van der Waals surface area contributed by atoms with Gasteiger partial charge in [0.1, 0.15) is 12.0 Å². The Labute approximate surface area is 153 Å². The maximum absolute atomic E-state index is 11.7. The fraction of sp³-hybridized carbons (Fsp3) is 0.200. The fourth-order valence-electron chi connectivity index (χ4n) is 2.10. The molecule has 2 rings (SSSR count). The molecule has 0 heterocycles. The SMILES string of the molecule is CO/C=C(\Oc1cc(/N=C/N(C)c2ccccc2)ccc1C)C(=O)OC. The van der Waals surface area contributed by atoms with E-state index in [1.54, 1.807) is 12.4 Å². The Kier molecular flexibility index (Phi) is 6.79. The molecule has 2 aromatic carbocycles. The molecule has 0 amide bonds. The molecule has 0 radical (unpaired) electrons. The van der Waals surface area contributed by atoms with Crippen molar-refractivity contribution in [2.45, 2.75) is 6.92 Å². The lowest BCUT2D eigenvalue weighted by atomic mass is 10.2. The molecule has 0 aromatic heterocycles. The minimum absolute atomic E-state index is 0.0411. The van der Waals surface area contributed by atoms with E-state index in [0.717, 1.165) is 11.3 Å². The van der Waals surface area contributed by atoms with Crippen molar-refractivity contribution in [3.63, 3.8) is 0 Å². The molecule has 0 fully saturated rings. The lowest BCUT2D eigenvalue weighted by Gasteiger charge is -2.13. The Bertz CT molecular complexity index is 801. The smallest absolute Gasteiger partial charge is 0.377 e. The number of methoxy groups -OCH3 is 2. The monoisotopic (exact) mass is 354 g/mol. The predicted molar refractivity (Wildman–Crippen MR) is 102 cm³/mol. The lowest BCUT2D eigenvalue weighted by Crippen LogP contribution is -2.13. The highest BCUT2D eigenvalue weighted by Crippen LogP contribution is 2.26. The Morgan fingerprint density at radius 2 is 1.85 bits per heavy atom. The molecule has 0 bridgehead atoms. The second-order valence-corrected chi connectivity index (χ2v) is 5.45. The number of rotatable bonds is 7. The van der Waals surface area contributed by atoms with Gasteiger partial charge in [0.05, 0.1) is 26.2 Å². The van der Waals surface area contributed by atoms with Crippen molar-refractivity contribution in [2.75, 3.05) is 26.2 Å². The number of aryl methyl sites for hydroxylation is 1. The van der Waals surface area contributed by atoms with E-state index in [1.165, 1.54) is 20.5 Å². The summed E-state index contributed by atoms with van der Waals surface area (Å²) in [6, 6.07) is 15.4. The van der Waals surface area contributed by atoms with Crippen molar-refractivity contribution in [3.8, 4) is 5.75 Å². The third-order valence-corrected chi connectivity index (χ3v) is 3.55. The van der Waals surface area contributed by atoms with Crippen molar-refractivity contribution < 1.29 is 19.0 Å². The maximum atomic E-state index is 11.7. The Morgan fingerprint density at radius 3 is 2.50 bits per heavy atom. The topological polar surface area (TPSA) is 60.4 Å². The highest BCUT2D eigenvalue weighted by molar-refractivity contribution is 5.86. The van der Waals surface area contributed by atoms with Crippen LogP contribution in [-0.2, 0) is 14.3 Å². The van der Waals surface area contributed by atoms with E-state index < -0.39 is 5.97 Å². The van der Waals surface area contributed by atoms with Crippen LogP contribution in [0.4, 0.5) is 11.4 Å². The summed E-state index contributed by atoms with van der Waals surface area (Å²) in [6.45, 7) is 1.88. The van der Waals surface area contributed by atoms with Gasteiger partial charge in [0.2, 0.25) is 5.76 Å². The van der Waals surface area contributed by atoms with Gasteiger partial charge in [0.15, 0.2) is 0 Å². The molecule has 0 spiro atoms.